The molecule has 2 rings (SSSR count). The number of hydrogen-bond acceptors (Lipinski definition) is 3. The van der Waals surface area contributed by atoms with Crippen molar-refractivity contribution in [2.45, 2.75) is 42.6 Å². The molecule has 0 saturated carbocycles. The van der Waals surface area contributed by atoms with Crippen LogP contribution in [0.3, 0.4) is 0 Å². The second-order valence-corrected chi connectivity index (χ2v) is 5.61. The van der Waals surface area contributed by atoms with Crippen LogP contribution in [0.25, 0.3) is 0 Å². The summed E-state index contributed by atoms with van der Waals surface area (Å²) in [6, 6.07) is 0. The lowest BCUT2D eigenvalue weighted by Gasteiger charge is -2.21. The first-order valence-corrected chi connectivity index (χ1v) is 6.12. The van der Waals surface area contributed by atoms with Crippen LogP contribution in [0.5, 0.6) is 0 Å². The van der Waals surface area contributed by atoms with E-state index >= 15 is 0 Å². The SMILES string of the molecule is COC(=O)CC=C1CC2CCC(C1)S2. The van der Waals surface area contributed by atoms with Crippen molar-refractivity contribution in [2.75, 3.05) is 7.11 Å². The number of esters is 1. The highest BCUT2D eigenvalue weighted by Crippen LogP contribution is 2.45. The lowest BCUT2D eigenvalue weighted by molar-refractivity contribution is -0.139. The second kappa shape index (κ2) is 4.39. The minimum Gasteiger partial charge on any atom is -0.469 e. The third kappa shape index (κ3) is 2.32. The van der Waals surface area contributed by atoms with Crippen LogP contribution >= 0.6 is 11.8 Å². The van der Waals surface area contributed by atoms with Crippen LogP contribution in [0.1, 0.15) is 32.1 Å². The van der Waals surface area contributed by atoms with Gasteiger partial charge in [-0.05, 0) is 25.7 Å². The number of ether oxygens (including phenoxy) is 1. The van der Waals surface area contributed by atoms with Crippen LogP contribution in [0.15, 0.2) is 11.6 Å². The number of carbonyl (C=O) groups excluding carboxylic acids is 1. The molecule has 0 aliphatic carbocycles. The van der Waals surface area contributed by atoms with Gasteiger partial charge in [0, 0.05) is 10.5 Å². The Morgan fingerprint density at radius 1 is 1.50 bits per heavy atom. The van der Waals surface area contributed by atoms with Crippen molar-refractivity contribution < 1.29 is 9.53 Å². The van der Waals surface area contributed by atoms with Gasteiger partial charge in [0.2, 0.25) is 0 Å². The topological polar surface area (TPSA) is 26.3 Å². The lowest BCUT2D eigenvalue weighted by atomic mass is 10.1. The molecule has 0 spiro atoms. The summed E-state index contributed by atoms with van der Waals surface area (Å²) in [4.78, 5) is 11.0. The standard InChI is InChI=1S/C11H16O2S/c1-13-11(12)5-2-8-6-9-3-4-10(7-8)14-9/h2,9-10H,3-7H2,1H3. The highest BCUT2D eigenvalue weighted by Gasteiger charge is 2.31. The first kappa shape index (κ1) is 10.1. The minimum absolute atomic E-state index is 0.122. The number of thioether (sulfide) groups is 1. The average Bonchev–Trinajstić information content (AvgIpc) is 2.54. The van der Waals surface area contributed by atoms with Crippen LogP contribution in [0.4, 0.5) is 0 Å². The predicted octanol–water partition coefficient (Wildman–Crippen LogP) is 2.53. The molecule has 0 radical (unpaired) electrons. The van der Waals surface area contributed by atoms with Gasteiger partial charge in [-0.2, -0.15) is 11.8 Å². The van der Waals surface area contributed by atoms with Gasteiger partial charge >= 0.3 is 5.97 Å². The van der Waals surface area contributed by atoms with Crippen molar-refractivity contribution in [3.63, 3.8) is 0 Å². The third-order valence-electron chi connectivity index (χ3n) is 2.96. The van der Waals surface area contributed by atoms with E-state index in [1.54, 1.807) is 0 Å². The molecule has 3 heteroatoms. The molecular weight excluding hydrogens is 196 g/mol. The quantitative estimate of drug-likeness (QED) is 0.520. The zero-order valence-corrected chi connectivity index (χ0v) is 9.31. The molecule has 2 aliphatic rings. The maximum atomic E-state index is 11.0. The summed E-state index contributed by atoms with van der Waals surface area (Å²) in [5.74, 6) is -0.122. The maximum Gasteiger partial charge on any atom is 0.309 e. The predicted molar refractivity (Wildman–Crippen MR) is 58.4 cm³/mol. The smallest absolute Gasteiger partial charge is 0.309 e. The van der Waals surface area contributed by atoms with E-state index < -0.39 is 0 Å². The summed E-state index contributed by atoms with van der Waals surface area (Å²) in [7, 11) is 1.45. The zero-order valence-electron chi connectivity index (χ0n) is 8.49. The largest absolute Gasteiger partial charge is 0.469 e. The highest BCUT2D eigenvalue weighted by atomic mass is 32.2. The van der Waals surface area contributed by atoms with Gasteiger partial charge in [-0.25, -0.2) is 0 Å². The molecule has 2 aliphatic heterocycles. The van der Waals surface area contributed by atoms with Gasteiger partial charge in [-0.15, -0.1) is 0 Å². The number of methoxy groups -OCH3 is 1. The normalized spacial score (nSPS) is 30.2. The van der Waals surface area contributed by atoms with Crippen molar-refractivity contribution in [2.24, 2.45) is 0 Å². The molecular formula is C11H16O2S. The van der Waals surface area contributed by atoms with Crippen molar-refractivity contribution in [3.8, 4) is 0 Å². The number of allylic oxidation sites excluding steroid dienone is 1. The summed E-state index contributed by atoms with van der Waals surface area (Å²) < 4.78 is 4.62. The Morgan fingerprint density at radius 2 is 2.14 bits per heavy atom. The van der Waals surface area contributed by atoms with E-state index in [0.29, 0.717) is 6.42 Å². The molecule has 0 amide bonds. The maximum absolute atomic E-state index is 11.0. The summed E-state index contributed by atoms with van der Waals surface area (Å²) in [6.45, 7) is 0. The van der Waals surface area contributed by atoms with Crippen molar-refractivity contribution in [3.05, 3.63) is 11.6 Å². The van der Waals surface area contributed by atoms with Crippen LogP contribution in [0, 0.1) is 0 Å². The summed E-state index contributed by atoms with van der Waals surface area (Å²) in [6.07, 6.45) is 7.65. The monoisotopic (exact) mass is 212 g/mol. The van der Waals surface area contributed by atoms with Crippen molar-refractivity contribution in [1.29, 1.82) is 0 Å². The molecule has 0 aromatic heterocycles. The molecule has 2 heterocycles. The zero-order chi connectivity index (χ0) is 9.97. The van der Waals surface area contributed by atoms with Gasteiger partial charge in [0.25, 0.3) is 0 Å². The molecule has 2 unspecified atom stereocenters. The number of carbonyl (C=O) groups is 1. The van der Waals surface area contributed by atoms with E-state index in [9.17, 15) is 4.79 Å². The van der Waals surface area contributed by atoms with Crippen LogP contribution in [-0.4, -0.2) is 23.6 Å². The fourth-order valence-electron chi connectivity index (χ4n) is 2.23. The fraction of sp³-hybridized carbons (Fsp3) is 0.727. The van der Waals surface area contributed by atoms with Crippen LogP contribution in [-0.2, 0) is 9.53 Å². The van der Waals surface area contributed by atoms with E-state index in [2.05, 4.69) is 22.6 Å². The van der Waals surface area contributed by atoms with Crippen molar-refractivity contribution in [1.82, 2.24) is 0 Å². The molecule has 78 valence electrons. The average molecular weight is 212 g/mol. The third-order valence-corrected chi connectivity index (χ3v) is 4.53. The Balaban J connectivity index is 1.89. The first-order valence-electron chi connectivity index (χ1n) is 5.18. The van der Waals surface area contributed by atoms with Gasteiger partial charge < -0.3 is 4.74 Å². The molecule has 2 saturated heterocycles. The molecule has 14 heavy (non-hydrogen) atoms. The summed E-state index contributed by atoms with van der Waals surface area (Å²) in [5.41, 5.74) is 1.47. The van der Waals surface area contributed by atoms with Gasteiger partial charge in [0.1, 0.15) is 0 Å². The van der Waals surface area contributed by atoms with Gasteiger partial charge in [-0.1, -0.05) is 11.6 Å². The van der Waals surface area contributed by atoms with E-state index in [4.69, 9.17) is 0 Å². The first-order chi connectivity index (χ1) is 6.78. The number of hydrogen-bond donors (Lipinski definition) is 0. The molecule has 0 aromatic carbocycles. The molecule has 2 atom stereocenters. The van der Waals surface area contributed by atoms with Crippen LogP contribution in [0.2, 0.25) is 0 Å². The molecule has 2 bridgehead atoms. The number of fused-ring (bicyclic) bond motifs is 2. The minimum atomic E-state index is -0.122. The van der Waals surface area contributed by atoms with E-state index in [1.165, 1.54) is 38.4 Å². The number of rotatable bonds is 2. The Bertz CT molecular complexity index is 246. The highest BCUT2D eigenvalue weighted by molar-refractivity contribution is 8.00. The van der Waals surface area contributed by atoms with E-state index in [0.717, 1.165) is 10.5 Å². The van der Waals surface area contributed by atoms with Crippen LogP contribution < -0.4 is 0 Å². The summed E-state index contributed by atoms with van der Waals surface area (Å²) >= 11 is 2.14. The summed E-state index contributed by atoms with van der Waals surface area (Å²) in [5, 5.41) is 1.66. The Labute approximate surface area is 89.1 Å². The Hall–Kier alpha value is -0.440. The second-order valence-electron chi connectivity index (χ2n) is 4.01. The Kier molecular flexibility index (Phi) is 3.16. The molecule has 2 nitrogen and oxygen atoms in total. The van der Waals surface area contributed by atoms with Gasteiger partial charge in [0.15, 0.2) is 0 Å². The molecule has 0 N–H and O–H groups in total. The molecule has 2 fully saturated rings. The Morgan fingerprint density at radius 3 is 2.71 bits per heavy atom. The molecule has 0 aromatic rings. The fourth-order valence-corrected chi connectivity index (χ4v) is 3.94. The van der Waals surface area contributed by atoms with Gasteiger partial charge in [-0.3, -0.25) is 4.79 Å². The van der Waals surface area contributed by atoms with E-state index in [-0.39, 0.29) is 5.97 Å². The lowest BCUT2D eigenvalue weighted by Crippen LogP contribution is -2.09. The van der Waals surface area contributed by atoms with E-state index in [1.807, 2.05) is 0 Å². The van der Waals surface area contributed by atoms with Crippen molar-refractivity contribution >= 4 is 17.7 Å². The van der Waals surface area contributed by atoms with Gasteiger partial charge in [0.05, 0.1) is 13.5 Å².